The lowest BCUT2D eigenvalue weighted by Crippen LogP contribution is -2.14. The van der Waals surface area contributed by atoms with Gasteiger partial charge >= 0.3 is 5.97 Å². The van der Waals surface area contributed by atoms with Gasteiger partial charge in [-0.2, -0.15) is 0 Å². The minimum atomic E-state index is -1.14. The number of carboxylic acid groups (broad SMARTS) is 1. The molecule has 2 aromatic rings. The predicted molar refractivity (Wildman–Crippen MR) is 81.9 cm³/mol. The van der Waals surface area contributed by atoms with E-state index in [1.54, 1.807) is 6.07 Å². The van der Waals surface area contributed by atoms with Gasteiger partial charge in [-0.1, -0.05) is 48.5 Å². The van der Waals surface area contributed by atoms with E-state index in [1.165, 1.54) is 6.92 Å². The Morgan fingerprint density at radius 1 is 1.00 bits per heavy atom. The fourth-order valence-corrected chi connectivity index (χ4v) is 1.93. The molecule has 0 spiro atoms. The van der Waals surface area contributed by atoms with E-state index in [0.29, 0.717) is 5.69 Å². The van der Waals surface area contributed by atoms with Crippen LogP contribution in [0.15, 0.2) is 66.2 Å². The van der Waals surface area contributed by atoms with Crippen molar-refractivity contribution in [3.8, 4) is 11.1 Å². The molecule has 106 valence electrons. The number of rotatable bonds is 4. The molecular formula is C17H15NO3. The number of hydrogen-bond acceptors (Lipinski definition) is 2. The molecule has 0 radical (unpaired) electrons. The van der Waals surface area contributed by atoms with Gasteiger partial charge in [0, 0.05) is 22.9 Å². The molecule has 0 aliphatic rings. The lowest BCUT2D eigenvalue weighted by Gasteiger charge is -2.11. The zero-order chi connectivity index (χ0) is 15.2. The van der Waals surface area contributed by atoms with Crippen LogP contribution in [0.2, 0.25) is 0 Å². The first-order valence-electron chi connectivity index (χ1n) is 6.45. The first-order chi connectivity index (χ1) is 10.1. The summed E-state index contributed by atoms with van der Waals surface area (Å²) in [6.45, 7) is 1.47. The number of benzene rings is 2. The van der Waals surface area contributed by atoms with Gasteiger partial charge in [0.05, 0.1) is 0 Å². The lowest BCUT2D eigenvalue weighted by molar-refractivity contribution is -0.131. The standard InChI is InChI=1S/C17H15NO3/c1-12(11-16(19)20)17(21)18-15-10-6-5-9-14(15)13-7-3-2-4-8-13/h2-11H,1H3,(H,18,21)(H,19,20)/b12-11-. The minimum Gasteiger partial charge on any atom is -0.478 e. The average molecular weight is 281 g/mol. The molecule has 0 bridgehead atoms. The normalized spacial score (nSPS) is 11.0. The highest BCUT2D eigenvalue weighted by Gasteiger charge is 2.10. The third-order valence-corrected chi connectivity index (χ3v) is 2.96. The van der Waals surface area contributed by atoms with Crippen molar-refractivity contribution in [2.75, 3.05) is 5.32 Å². The van der Waals surface area contributed by atoms with E-state index in [-0.39, 0.29) is 5.57 Å². The number of para-hydroxylation sites is 1. The number of carbonyl (C=O) groups is 2. The molecule has 4 nitrogen and oxygen atoms in total. The Hall–Kier alpha value is -2.88. The molecule has 0 saturated carbocycles. The maximum absolute atomic E-state index is 12.0. The quantitative estimate of drug-likeness (QED) is 0.845. The molecule has 0 aliphatic carbocycles. The van der Waals surface area contributed by atoms with Crippen LogP contribution in [0.5, 0.6) is 0 Å². The van der Waals surface area contributed by atoms with E-state index in [4.69, 9.17) is 5.11 Å². The van der Waals surface area contributed by atoms with Crippen molar-refractivity contribution < 1.29 is 14.7 Å². The highest BCUT2D eigenvalue weighted by atomic mass is 16.4. The van der Waals surface area contributed by atoms with Gasteiger partial charge in [0.2, 0.25) is 0 Å². The summed E-state index contributed by atoms with van der Waals surface area (Å²) in [4.78, 5) is 22.6. The van der Waals surface area contributed by atoms with Crippen LogP contribution in [-0.4, -0.2) is 17.0 Å². The third-order valence-electron chi connectivity index (χ3n) is 2.96. The molecular weight excluding hydrogens is 266 g/mol. The summed E-state index contributed by atoms with van der Waals surface area (Å²) in [6, 6.07) is 17.1. The summed E-state index contributed by atoms with van der Waals surface area (Å²) in [5, 5.41) is 11.4. The monoisotopic (exact) mass is 281 g/mol. The van der Waals surface area contributed by atoms with Gasteiger partial charge in [0.1, 0.15) is 0 Å². The van der Waals surface area contributed by atoms with Crippen LogP contribution in [0.25, 0.3) is 11.1 Å². The second-order valence-corrected chi connectivity index (χ2v) is 4.53. The largest absolute Gasteiger partial charge is 0.478 e. The van der Waals surface area contributed by atoms with Crippen LogP contribution < -0.4 is 5.32 Å². The number of hydrogen-bond donors (Lipinski definition) is 2. The predicted octanol–water partition coefficient (Wildman–Crippen LogP) is 3.32. The molecule has 0 atom stereocenters. The van der Waals surface area contributed by atoms with Crippen molar-refractivity contribution in [1.82, 2.24) is 0 Å². The molecule has 21 heavy (non-hydrogen) atoms. The van der Waals surface area contributed by atoms with E-state index in [2.05, 4.69) is 5.32 Å². The maximum Gasteiger partial charge on any atom is 0.328 e. The average Bonchev–Trinajstić information content (AvgIpc) is 2.48. The Kier molecular flexibility index (Phi) is 4.51. The highest BCUT2D eigenvalue weighted by Crippen LogP contribution is 2.27. The Morgan fingerprint density at radius 3 is 2.29 bits per heavy atom. The van der Waals surface area contributed by atoms with Crippen LogP contribution in [-0.2, 0) is 9.59 Å². The SMILES string of the molecule is C/C(=C/C(=O)O)C(=O)Nc1ccccc1-c1ccccc1. The first-order valence-corrected chi connectivity index (χ1v) is 6.45. The molecule has 2 aromatic carbocycles. The van der Waals surface area contributed by atoms with Gasteiger partial charge in [0.15, 0.2) is 0 Å². The van der Waals surface area contributed by atoms with E-state index in [9.17, 15) is 9.59 Å². The van der Waals surface area contributed by atoms with E-state index >= 15 is 0 Å². The van der Waals surface area contributed by atoms with Crippen molar-refractivity contribution >= 4 is 17.6 Å². The summed E-state index contributed by atoms with van der Waals surface area (Å²) in [5.41, 5.74) is 2.65. The summed E-state index contributed by atoms with van der Waals surface area (Å²) in [5.74, 6) is -1.57. The van der Waals surface area contributed by atoms with Crippen molar-refractivity contribution in [2.45, 2.75) is 6.92 Å². The lowest BCUT2D eigenvalue weighted by atomic mass is 10.0. The van der Waals surface area contributed by atoms with Crippen LogP contribution in [0.4, 0.5) is 5.69 Å². The van der Waals surface area contributed by atoms with Crippen molar-refractivity contribution in [3.63, 3.8) is 0 Å². The van der Waals surface area contributed by atoms with Crippen LogP contribution in [0.1, 0.15) is 6.92 Å². The van der Waals surface area contributed by atoms with Crippen molar-refractivity contribution in [3.05, 3.63) is 66.2 Å². The molecule has 2 rings (SSSR count). The second kappa shape index (κ2) is 6.52. The summed E-state index contributed by atoms with van der Waals surface area (Å²) >= 11 is 0. The fraction of sp³-hybridized carbons (Fsp3) is 0.0588. The van der Waals surface area contributed by atoms with Crippen LogP contribution >= 0.6 is 0 Å². The van der Waals surface area contributed by atoms with Crippen molar-refractivity contribution in [1.29, 1.82) is 0 Å². The van der Waals surface area contributed by atoms with Gasteiger partial charge in [-0.25, -0.2) is 4.79 Å². The Morgan fingerprint density at radius 2 is 1.62 bits per heavy atom. The highest BCUT2D eigenvalue weighted by molar-refractivity contribution is 6.07. The van der Waals surface area contributed by atoms with Gasteiger partial charge in [-0.15, -0.1) is 0 Å². The Balaban J connectivity index is 2.30. The number of carbonyl (C=O) groups excluding carboxylic acids is 1. The molecule has 0 aliphatic heterocycles. The van der Waals surface area contributed by atoms with E-state index in [1.807, 2.05) is 48.5 Å². The second-order valence-electron chi connectivity index (χ2n) is 4.53. The minimum absolute atomic E-state index is 0.144. The number of aliphatic carboxylic acids is 1. The van der Waals surface area contributed by atoms with Gasteiger partial charge in [-0.05, 0) is 18.6 Å². The number of anilines is 1. The fourth-order valence-electron chi connectivity index (χ4n) is 1.93. The molecule has 0 unspecified atom stereocenters. The molecule has 4 heteroatoms. The Labute approximate surface area is 122 Å². The van der Waals surface area contributed by atoms with Crippen LogP contribution in [0.3, 0.4) is 0 Å². The molecule has 0 saturated heterocycles. The topological polar surface area (TPSA) is 66.4 Å². The number of carboxylic acids is 1. The molecule has 0 aromatic heterocycles. The smallest absolute Gasteiger partial charge is 0.328 e. The summed E-state index contributed by atoms with van der Waals surface area (Å²) in [6.07, 6.45) is 0.889. The Bertz CT molecular complexity index is 690. The van der Waals surface area contributed by atoms with Crippen molar-refractivity contribution in [2.24, 2.45) is 0 Å². The molecule has 0 fully saturated rings. The number of amides is 1. The van der Waals surface area contributed by atoms with E-state index < -0.39 is 11.9 Å². The zero-order valence-corrected chi connectivity index (χ0v) is 11.5. The summed E-state index contributed by atoms with van der Waals surface area (Å²) in [7, 11) is 0. The number of nitrogens with one attached hydrogen (secondary N) is 1. The molecule has 0 heterocycles. The first kappa shape index (κ1) is 14.5. The molecule has 2 N–H and O–H groups in total. The maximum atomic E-state index is 12.0. The van der Waals surface area contributed by atoms with Gasteiger partial charge < -0.3 is 10.4 Å². The molecule has 1 amide bonds. The third kappa shape index (κ3) is 3.79. The summed E-state index contributed by atoms with van der Waals surface area (Å²) < 4.78 is 0. The van der Waals surface area contributed by atoms with Gasteiger partial charge in [-0.3, -0.25) is 4.79 Å². The van der Waals surface area contributed by atoms with Crippen LogP contribution in [0, 0.1) is 0 Å². The van der Waals surface area contributed by atoms with Gasteiger partial charge in [0.25, 0.3) is 5.91 Å². The zero-order valence-electron chi connectivity index (χ0n) is 11.5. The van der Waals surface area contributed by atoms with E-state index in [0.717, 1.165) is 17.2 Å².